The normalized spacial score (nSPS) is 10.5. The number of hydrogen-bond donors (Lipinski definition) is 2. The Bertz CT molecular complexity index is 410. The molecule has 0 spiro atoms. The number of nitrogens with zero attached hydrogens (tertiary/aromatic N) is 1. The van der Waals surface area contributed by atoms with Gasteiger partial charge >= 0.3 is 0 Å². The highest BCUT2D eigenvalue weighted by Crippen LogP contribution is 2.20. The third kappa shape index (κ3) is 1.14. The summed E-state index contributed by atoms with van der Waals surface area (Å²) in [6.45, 7) is 0. The zero-order chi connectivity index (χ0) is 8.55. The van der Waals surface area contributed by atoms with E-state index in [0.717, 1.165) is 16.0 Å². The van der Waals surface area contributed by atoms with Crippen LogP contribution in [0.2, 0.25) is 0 Å². The lowest BCUT2D eigenvalue weighted by Crippen LogP contribution is -1.85. The van der Waals surface area contributed by atoms with Crippen LogP contribution < -0.4 is 5.32 Å². The molecule has 0 saturated heterocycles. The highest BCUT2D eigenvalue weighted by molar-refractivity contribution is 7.80. The van der Waals surface area contributed by atoms with Crippen LogP contribution in [0.4, 0.5) is 6.01 Å². The summed E-state index contributed by atoms with van der Waals surface area (Å²) in [7, 11) is 1.77. The zero-order valence-corrected chi connectivity index (χ0v) is 7.43. The second-order valence-corrected chi connectivity index (χ2v) is 2.94. The Balaban J connectivity index is 2.67. The van der Waals surface area contributed by atoms with Gasteiger partial charge in [0.15, 0.2) is 5.58 Å². The van der Waals surface area contributed by atoms with E-state index >= 15 is 0 Å². The van der Waals surface area contributed by atoms with Crippen molar-refractivity contribution in [2.24, 2.45) is 0 Å². The molecule has 0 bridgehead atoms. The van der Waals surface area contributed by atoms with Crippen molar-refractivity contribution < 1.29 is 4.42 Å². The molecule has 62 valence electrons. The first-order valence-corrected chi connectivity index (χ1v) is 4.01. The fourth-order valence-corrected chi connectivity index (χ4v) is 1.22. The van der Waals surface area contributed by atoms with Gasteiger partial charge in [-0.25, -0.2) is 0 Å². The van der Waals surface area contributed by atoms with Crippen molar-refractivity contribution in [3.8, 4) is 0 Å². The minimum atomic E-state index is 0.531. The Morgan fingerprint density at radius 2 is 2.33 bits per heavy atom. The summed E-state index contributed by atoms with van der Waals surface area (Å²) >= 11 is 4.20. The van der Waals surface area contributed by atoms with Crippen molar-refractivity contribution in [1.29, 1.82) is 0 Å². The quantitative estimate of drug-likeness (QED) is 0.660. The van der Waals surface area contributed by atoms with E-state index in [0.29, 0.717) is 6.01 Å². The molecular weight excluding hydrogens is 172 g/mol. The molecule has 0 amide bonds. The van der Waals surface area contributed by atoms with Crippen LogP contribution >= 0.6 is 12.6 Å². The summed E-state index contributed by atoms with van der Waals surface area (Å²) in [4.78, 5) is 5.05. The smallest absolute Gasteiger partial charge is 0.295 e. The molecule has 1 heterocycles. The molecule has 3 nitrogen and oxygen atoms in total. The Morgan fingerprint density at radius 3 is 3.08 bits per heavy atom. The number of anilines is 1. The number of fused-ring (bicyclic) bond motifs is 1. The van der Waals surface area contributed by atoms with Crippen molar-refractivity contribution in [3.63, 3.8) is 0 Å². The maximum Gasteiger partial charge on any atom is 0.295 e. The molecule has 1 aromatic heterocycles. The molecular formula is C8H8N2OS. The highest BCUT2D eigenvalue weighted by atomic mass is 32.1. The van der Waals surface area contributed by atoms with Crippen molar-refractivity contribution in [2.45, 2.75) is 4.90 Å². The fourth-order valence-electron chi connectivity index (χ4n) is 1.02. The highest BCUT2D eigenvalue weighted by Gasteiger charge is 2.02. The van der Waals surface area contributed by atoms with E-state index in [1.165, 1.54) is 0 Å². The molecule has 1 aromatic carbocycles. The van der Waals surface area contributed by atoms with Gasteiger partial charge in [0.1, 0.15) is 5.52 Å². The van der Waals surface area contributed by atoms with Crippen LogP contribution in [0.15, 0.2) is 27.5 Å². The lowest BCUT2D eigenvalue weighted by Gasteiger charge is -1.86. The zero-order valence-electron chi connectivity index (χ0n) is 6.53. The monoisotopic (exact) mass is 180 g/mol. The average molecular weight is 180 g/mol. The minimum Gasteiger partial charge on any atom is -0.424 e. The Hall–Kier alpha value is -1.16. The summed E-state index contributed by atoms with van der Waals surface area (Å²) in [5.41, 5.74) is 1.60. The average Bonchev–Trinajstić information content (AvgIpc) is 2.46. The van der Waals surface area contributed by atoms with Crippen LogP contribution in [0.3, 0.4) is 0 Å². The molecule has 0 aliphatic heterocycles. The van der Waals surface area contributed by atoms with Crippen LogP contribution in [-0.2, 0) is 0 Å². The van der Waals surface area contributed by atoms with Gasteiger partial charge in [0.05, 0.1) is 0 Å². The third-order valence-electron chi connectivity index (χ3n) is 1.59. The molecule has 0 unspecified atom stereocenters. The number of rotatable bonds is 1. The predicted molar refractivity (Wildman–Crippen MR) is 50.8 cm³/mol. The van der Waals surface area contributed by atoms with E-state index in [9.17, 15) is 0 Å². The molecule has 4 heteroatoms. The van der Waals surface area contributed by atoms with E-state index in [1.54, 1.807) is 7.05 Å². The van der Waals surface area contributed by atoms with Crippen molar-refractivity contribution in [1.82, 2.24) is 4.98 Å². The molecule has 0 aliphatic carbocycles. The minimum absolute atomic E-state index is 0.531. The molecule has 0 saturated carbocycles. The molecule has 0 atom stereocenters. The number of aromatic nitrogens is 1. The standard InChI is InChI=1S/C8H8N2OS/c1-9-8-10-6-4-5(12)2-3-7(6)11-8/h2-4,12H,1H3,(H,9,10). The first-order valence-electron chi connectivity index (χ1n) is 3.57. The second-order valence-electron chi connectivity index (χ2n) is 2.42. The van der Waals surface area contributed by atoms with Gasteiger partial charge in [0, 0.05) is 11.9 Å². The Labute approximate surface area is 75.2 Å². The number of nitrogens with one attached hydrogen (secondary N) is 1. The van der Waals surface area contributed by atoms with Crippen LogP contribution in [0.5, 0.6) is 0 Å². The number of hydrogen-bond acceptors (Lipinski definition) is 4. The number of oxazole rings is 1. The molecule has 2 rings (SSSR count). The molecule has 0 fully saturated rings. The van der Waals surface area contributed by atoms with E-state index in [4.69, 9.17) is 4.42 Å². The van der Waals surface area contributed by atoms with Gasteiger partial charge in [-0.05, 0) is 18.2 Å². The van der Waals surface area contributed by atoms with Gasteiger partial charge in [-0.15, -0.1) is 12.6 Å². The Morgan fingerprint density at radius 1 is 1.50 bits per heavy atom. The first-order chi connectivity index (χ1) is 5.79. The van der Waals surface area contributed by atoms with E-state index in [-0.39, 0.29) is 0 Å². The largest absolute Gasteiger partial charge is 0.424 e. The fraction of sp³-hybridized carbons (Fsp3) is 0.125. The van der Waals surface area contributed by atoms with Gasteiger partial charge in [-0.1, -0.05) is 0 Å². The topological polar surface area (TPSA) is 38.1 Å². The number of benzene rings is 1. The van der Waals surface area contributed by atoms with Crippen molar-refractivity contribution in [2.75, 3.05) is 12.4 Å². The van der Waals surface area contributed by atoms with Crippen LogP contribution in [0, 0.1) is 0 Å². The van der Waals surface area contributed by atoms with Crippen molar-refractivity contribution >= 4 is 29.7 Å². The molecule has 1 N–H and O–H groups in total. The molecule has 0 radical (unpaired) electrons. The lowest BCUT2D eigenvalue weighted by molar-refractivity contribution is 0.620. The second kappa shape index (κ2) is 2.71. The van der Waals surface area contributed by atoms with E-state index < -0.39 is 0 Å². The van der Waals surface area contributed by atoms with Crippen LogP contribution in [-0.4, -0.2) is 12.0 Å². The summed E-state index contributed by atoms with van der Waals surface area (Å²) in [5.74, 6) is 0. The van der Waals surface area contributed by atoms with Gasteiger partial charge in [-0.3, -0.25) is 0 Å². The molecule has 0 aliphatic rings. The van der Waals surface area contributed by atoms with Crippen molar-refractivity contribution in [3.05, 3.63) is 18.2 Å². The van der Waals surface area contributed by atoms with E-state index in [2.05, 4.69) is 22.9 Å². The Kier molecular flexibility index (Phi) is 1.69. The van der Waals surface area contributed by atoms with Gasteiger partial charge in [-0.2, -0.15) is 4.98 Å². The maximum absolute atomic E-state index is 5.32. The summed E-state index contributed by atoms with van der Waals surface area (Å²) < 4.78 is 5.32. The van der Waals surface area contributed by atoms with Gasteiger partial charge < -0.3 is 9.73 Å². The number of thiol groups is 1. The van der Waals surface area contributed by atoms with E-state index in [1.807, 2.05) is 18.2 Å². The summed E-state index contributed by atoms with van der Waals surface area (Å²) in [5, 5.41) is 2.83. The SMILES string of the molecule is CNc1nc2cc(S)ccc2o1. The first kappa shape index (κ1) is 7.49. The lowest BCUT2D eigenvalue weighted by atomic mass is 10.3. The predicted octanol–water partition coefficient (Wildman–Crippen LogP) is 2.16. The molecule has 12 heavy (non-hydrogen) atoms. The van der Waals surface area contributed by atoms with Crippen LogP contribution in [0.1, 0.15) is 0 Å². The van der Waals surface area contributed by atoms with Gasteiger partial charge in [0.2, 0.25) is 0 Å². The summed E-state index contributed by atoms with van der Waals surface area (Å²) in [6.07, 6.45) is 0. The third-order valence-corrected chi connectivity index (χ3v) is 1.86. The van der Waals surface area contributed by atoms with Gasteiger partial charge in [0.25, 0.3) is 6.01 Å². The maximum atomic E-state index is 5.32. The van der Waals surface area contributed by atoms with Crippen LogP contribution in [0.25, 0.3) is 11.1 Å². The molecule has 2 aromatic rings. The summed E-state index contributed by atoms with van der Waals surface area (Å²) in [6, 6.07) is 6.12.